The van der Waals surface area contributed by atoms with Gasteiger partial charge in [0.05, 0.1) is 6.42 Å². The normalized spacial score (nSPS) is 16.4. The van der Waals surface area contributed by atoms with Crippen LogP contribution in [0.3, 0.4) is 0 Å². The van der Waals surface area contributed by atoms with Crippen molar-refractivity contribution in [3.63, 3.8) is 0 Å². The minimum Gasteiger partial charge on any atom is -0.356 e. The van der Waals surface area contributed by atoms with Gasteiger partial charge in [0, 0.05) is 19.5 Å². The van der Waals surface area contributed by atoms with Gasteiger partial charge in [-0.3, -0.25) is 9.59 Å². The molecule has 0 saturated carbocycles. The standard InChI is InChI=1S/C17H25N3O2.ClH/c21-16(19-10-7-15-6-9-18-13-15)8-11-20-17(22)12-14-4-2-1-3-5-14;/h1-5,15,18H,6-13H2,(H,19,21)(H,20,22);1H. The third-order valence-corrected chi connectivity index (χ3v) is 3.92. The Labute approximate surface area is 144 Å². The largest absolute Gasteiger partial charge is 0.356 e. The van der Waals surface area contributed by atoms with Crippen LogP contribution in [0.15, 0.2) is 30.3 Å². The van der Waals surface area contributed by atoms with Crippen LogP contribution < -0.4 is 16.0 Å². The lowest BCUT2D eigenvalue weighted by Gasteiger charge is -2.10. The number of hydrogen-bond acceptors (Lipinski definition) is 3. The van der Waals surface area contributed by atoms with E-state index in [1.165, 1.54) is 6.42 Å². The molecule has 1 aliphatic rings. The fraction of sp³-hybridized carbons (Fsp3) is 0.529. The van der Waals surface area contributed by atoms with Gasteiger partial charge in [-0.15, -0.1) is 12.4 Å². The molecule has 1 fully saturated rings. The summed E-state index contributed by atoms with van der Waals surface area (Å²) in [7, 11) is 0. The number of halogens is 1. The van der Waals surface area contributed by atoms with E-state index in [4.69, 9.17) is 0 Å². The Kier molecular flexibility index (Phi) is 9.33. The van der Waals surface area contributed by atoms with Gasteiger partial charge in [0.1, 0.15) is 0 Å². The summed E-state index contributed by atoms with van der Waals surface area (Å²) in [6.45, 7) is 3.27. The molecule has 0 aliphatic carbocycles. The second kappa shape index (κ2) is 11.0. The summed E-state index contributed by atoms with van der Waals surface area (Å²) in [5.41, 5.74) is 0.981. The number of rotatable bonds is 8. The van der Waals surface area contributed by atoms with Gasteiger partial charge in [0.15, 0.2) is 0 Å². The van der Waals surface area contributed by atoms with E-state index in [2.05, 4.69) is 16.0 Å². The molecule has 6 heteroatoms. The first-order chi connectivity index (χ1) is 10.7. The lowest BCUT2D eigenvalue weighted by molar-refractivity contribution is -0.122. The highest BCUT2D eigenvalue weighted by Crippen LogP contribution is 2.10. The molecular formula is C17H26ClN3O2. The van der Waals surface area contributed by atoms with E-state index in [-0.39, 0.29) is 24.2 Å². The summed E-state index contributed by atoms with van der Waals surface area (Å²) >= 11 is 0. The zero-order valence-electron chi connectivity index (χ0n) is 13.3. The maximum Gasteiger partial charge on any atom is 0.224 e. The Balaban J connectivity index is 0.00000264. The number of amides is 2. The summed E-state index contributed by atoms with van der Waals surface area (Å²) in [5, 5.41) is 9.02. The van der Waals surface area contributed by atoms with E-state index >= 15 is 0 Å². The van der Waals surface area contributed by atoms with Gasteiger partial charge in [-0.1, -0.05) is 30.3 Å². The molecule has 0 aromatic heterocycles. The molecule has 1 saturated heterocycles. The number of benzene rings is 1. The minimum absolute atomic E-state index is 0. The molecule has 2 amide bonds. The molecule has 5 nitrogen and oxygen atoms in total. The topological polar surface area (TPSA) is 70.2 Å². The molecule has 1 heterocycles. The van der Waals surface area contributed by atoms with Crippen molar-refractivity contribution in [2.45, 2.75) is 25.7 Å². The second-order valence-electron chi connectivity index (χ2n) is 5.76. The van der Waals surface area contributed by atoms with Crippen molar-refractivity contribution in [2.24, 2.45) is 5.92 Å². The molecular weight excluding hydrogens is 314 g/mol. The molecule has 3 N–H and O–H groups in total. The van der Waals surface area contributed by atoms with Gasteiger partial charge >= 0.3 is 0 Å². The molecule has 128 valence electrons. The summed E-state index contributed by atoms with van der Waals surface area (Å²) in [5.74, 6) is 0.646. The molecule has 0 spiro atoms. The van der Waals surface area contributed by atoms with Gasteiger partial charge < -0.3 is 16.0 Å². The molecule has 23 heavy (non-hydrogen) atoms. The van der Waals surface area contributed by atoms with Crippen molar-refractivity contribution in [3.8, 4) is 0 Å². The Morgan fingerprint density at radius 2 is 1.83 bits per heavy atom. The fourth-order valence-corrected chi connectivity index (χ4v) is 2.62. The van der Waals surface area contributed by atoms with Crippen molar-refractivity contribution < 1.29 is 9.59 Å². The van der Waals surface area contributed by atoms with Gasteiger partial charge in [0.25, 0.3) is 0 Å². The average molecular weight is 340 g/mol. The first kappa shape index (κ1) is 19.5. The SMILES string of the molecule is Cl.O=C(CCNC(=O)Cc1ccccc1)NCCC1CCNC1. The van der Waals surface area contributed by atoms with Crippen LogP contribution in [0.4, 0.5) is 0 Å². The first-order valence-corrected chi connectivity index (χ1v) is 8.02. The van der Waals surface area contributed by atoms with Gasteiger partial charge in [0.2, 0.25) is 11.8 Å². The lowest BCUT2D eigenvalue weighted by Crippen LogP contribution is -2.32. The van der Waals surface area contributed by atoms with E-state index in [0.29, 0.717) is 25.3 Å². The molecule has 0 bridgehead atoms. The van der Waals surface area contributed by atoms with Crippen LogP contribution in [-0.4, -0.2) is 38.0 Å². The summed E-state index contributed by atoms with van der Waals surface area (Å²) in [4.78, 5) is 23.4. The maximum atomic E-state index is 11.7. The molecule has 1 atom stereocenters. The predicted molar refractivity (Wildman–Crippen MR) is 93.6 cm³/mol. The van der Waals surface area contributed by atoms with Crippen LogP contribution in [0, 0.1) is 5.92 Å². The van der Waals surface area contributed by atoms with Crippen LogP contribution in [0.5, 0.6) is 0 Å². The number of hydrogen-bond donors (Lipinski definition) is 3. The Hall–Kier alpha value is -1.59. The van der Waals surface area contributed by atoms with E-state index < -0.39 is 0 Å². The van der Waals surface area contributed by atoms with Crippen LogP contribution in [-0.2, 0) is 16.0 Å². The summed E-state index contributed by atoms with van der Waals surface area (Å²) in [6.07, 6.45) is 2.92. The zero-order chi connectivity index (χ0) is 15.6. The minimum atomic E-state index is -0.0453. The second-order valence-corrected chi connectivity index (χ2v) is 5.76. The van der Waals surface area contributed by atoms with E-state index in [1.807, 2.05) is 30.3 Å². The Morgan fingerprint density at radius 3 is 2.52 bits per heavy atom. The van der Waals surface area contributed by atoms with E-state index in [0.717, 1.165) is 31.6 Å². The van der Waals surface area contributed by atoms with Crippen molar-refractivity contribution in [2.75, 3.05) is 26.2 Å². The third kappa shape index (κ3) is 8.00. The van der Waals surface area contributed by atoms with Crippen molar-refractivity contribution >= 4 is 24.2 Å². The molecule has 2 rings (SSSR count). The lowest BCUT2D eigenvalue weighted by atomic mass is 10.1. The van der Waals surface area contributed by atoms with Crippen LogP contribution in [0.2, 0.25) is 0 Å². The molecule has 1 unspecified atom stereocenters. The quantitative estimate of drug-likeness (QED) is 0.668. The monoisotopic (exact) mass is 339 g/mol. The number of carbonyl (C=O) groups excluding carboxylic acids is 2. The first-order valence-electron chi connectivity index (χ1n) is 8.02. The van der Waals surface area contributed by atoms with E-state index in [1.54, 1.807) is 0 Å². The average Bonchev–Trinajstić information content (AvgIpc) is 3.01. The van der Waals surface area contributed by atoms with Gasteiger partial charge in [-0.25, -0.2) is 0 Å². The third-order valence-electron chi connectivity index (χ3n) is 3.92. The predicted octanol–water partition coefficient (Wildman–Crippen LogP) is 1.27. The maximum absolute atomic E-state index is 11.7. The molecule has 1 aromatic carbocycles. The van der Waals surface area contributed by atoms with Crippen molar-refractivity contribution in [3.05, 3.63) is 35.9 Å². The van der Waals surface area contributed by atoms with Crippen molar-refractivity contribution in [1.82, 2.24) is 16.0 Å². The Morgan fingerprint density at radius 1 is 1.09 bits per heavy atom. The van der Waals surface area contributed by atoms with Gasteiger partial charge in [-0.05, 0) is 37.4 Å². The smallest absolute Gasteiger partial charge is 0.224 e. The highest BCUT2D eigenvalue weighted by Gasteiger charge is 2.14. The van der Waals surface area contributed by atoms with Crippen LogP contribution in [0.1, 0.15) is 24.8 Å². The summed E-state index contributed by atoms with van der Waals surface area (Å²) < 4.78 is 0. The molecule has 1 aromatic rings. The molecule has 1 aliphatic heterocycles. The highest BCUT2D eigenvalue weighted by atomic mass is 35.5. The molecule has 0 radical (unpaired) electrons. The Bertz CT molecular complexity index is 476. The number of nitrogens with one attached hydrogen (secondary N) is 3. The highest BCUT2D eigenvalue weighted by molar-refractivity contribution is 5.85. The van der Waals surface area contributed by atoms with E-state index in [9.17, 15) is 9.59 Å². The van der Waals surface area contributed by atoms with Crippen molar-refractivity contribution in [1.29, 1.82) is 0 Å². The van der Waals surface area contributed by atoms with Crippen LogP contribution in [0.25, 0.3) is 0 Å². The fourth-order valence-electron chi connectivity index (χ4n) is 2.62. The summed E-state index contributed by atoms with van der Waals surface area (Å²) in [6, 6.07) is 9.59. The van der Waals surface area contributed by atoms with Gasteiger partial charge in [-0.2, -0.15) is 0 Å². The number of carbonyl (C=O) groups is 2. The van der Waals surface area contributed by atoms with Crippen LogP contribution >= 0.6 is 12.4 Å². The zero-order valence-corrected chi connectivity index (χ0v) is 14.2.